The Morgan fingerprint density at radius 2 is 1.65 bits per heavy atom. The summed E-state index contributed by atoms with van der Waals surface area (Å²) in [5, 5.41) is 11.9. The van der Waals surface area contributed by atoms with Crippen molar-refractivity contribution >= 4 is 16.7 Å². The van der Waals surface area contributed by atoms with Crippen molar-refractivity contribution in [2.24, 2.45) is 5.92 Å². The molecule has 1 aromatic heterocycles. The average Bonchev–Trinajstić information content (AvgIpc) is 2.84. The van der Waals surface area contributed by atoms with Gasteiger partial charge in [0.1, 0.15) is 11.8 Å². The number of rotatable bonds is 7. The molecule has 2 atom stereocenters. The number of nitrogens with zero attached hydrogens (tertiary/aromatic N) is 2. The van der Waals surface area contributed by atoms with E-state index in [-0.39, 0.29) is 5.92 Å². The SMILES string of the molecule is Cc1ccc(Oc2cccc(C(C#N)OC(=O)C(c3ccc4ccccc4c3)C(C)C)n2)cc1. The predicted octanol–water partition coefficient (Wildman–Crippen LogP) is 6.88. The first-order chi connectivity index (χ1) is 16.4. The molecule has 1 heterocycles. The van der Waals surface area contributed by atoms with E-state index in [2.05, 4.69) is 11.1 Å². The third-order valence-electron chi connectivity index (χ3n) is 5.66. The van der Waals surface area contributed by atoms with Gasteiger partial charge in [0.05, 0.1) is 11.6 Å². The fourth-order valence-corrected chi connectivity index (χ4v) is 3.90. The molecule has 34 heavy (non-hydrogen) atoms. The van der Waals surface area contributed by atoms with Crippen LogP contribution in [0.5, 0.6) is 11.6 Å². The molecule has 0 bridgehead atoms. The zero-order valence-corrected chi connectivity index (χ0v) is 19.4. The molecule has 0 radical (unpaired) electrons. The van der Waals surface area contributed by atoms with Gasteiger partial charge in [0.25, 0.3) is 0 Å². The quantitative estimate of drug-likeness (QED) is 0.287. The van der Waals surface area contributed by atoms with E-state index < -0.39 is 18.0 Å². The van der Waals surface area contributed by atoms with E-state index in [0.29, 0.717) is 17.3 Å². The molecule has 0 aliphatic rings. The first kappa shape index (κ1) is 23.0. The molecule has 5 nitrogen and oxygen atoms in total. The molecule has 0 spiro atoms. The van der Waals surface area contributed by atoms with Crippen LogP contribution in [-0.4, -0.2) is 11.0 Å². The molecule has 0 amide bonds. The molecule has 0 fully saturated rings. The van der Waals surface area contributed by atoms with Gasteiger partial charge in [0, 0.05) is 6.07 Å². The fraction of sp³-hybridized carbons (Fsp3) is 0.207. The topological polar surface area (TPSA) is 72.2 Å². The van der Waals surface area contributed by atoms with Crippen molar-refractivity contribution in [3.8, 4) is 17.7 Å². The van der Waals surface area contributed by atoms with Gasteiger partial charge in [0.15, 0.2) is 0 Å². The zero-order chi connectivity index (χ0) is 24.1. The van der Waals surface area contributed by atoms with Crippen molar-refractivity contribution in [1.82, 2.24) is 4.98 Å². The van der Waals surface area contributed by atoms with Crippen LogP contribution >= 0.6 is 0 Å². The zero-order valence-electron chi connectivity index (χ0n) is 19.4. The largest absolute Gasteiger partial charge is 0.440 e. The fourth-order valence-electron chi connectivity index (χ4n) is 3.90. The second kappa shape index (κ2) is 10.2. The Balaban J connectivity index is 1.55. The van der Waals surface area contributed by atoms with Gasteiger partial charge < -0.3 is 9.47 Å². The van der Waals surface area contributed by atoms with Crippen LogP contribution in [0, 0.1) is 24.2 Å². The summed E-state index contributed by atoms with van der Waals surface area (Å²) in [5.41, 5.74) is 2.30. The van der Waals surface area contributed by atoms with Crippen LogP contribution in [0.25, 0.3) is 10.8 Å². The molecular weight excluding hydrogens is 424 g/mol. The smallest absolute Gasteiger partial charge is 0.315 e. The molecule has 0 aliphatic carbocycles. The Labute approximate surface area is 199 Å². The summed E-state index contributed by atoms with van der Waals surface area (Å²) < 4.78 is 11.5. The van der Waals surface area contributed by atoms with Crippen LogP contribution < -0.4 is 4.74 Å². The summed E-state index contributed by atoms with van der Waals surface area (Å²) in [6, 6.07) is 28.7. The van der Waals surface area contributed by atoms with Crippen LogP contribution in [-0.2, 0) is 9.53 Å². The van der Waals surface area contributed by atoms with Crippen LogP contribution in [0.2, 0.25) is 0 Å². The summed E-state index contributed by atoms with van der Waals surface area (Å²) in [6.07, 6.45) is -1.14. The van der Waals surface area contributed by atoms with Crippen LogP contribution in [0.15, 0.2) is 84.9 Å². The lowest BCUT2D eigenvalue weighted by Crippen LogP contribution is -2.23. The Hall–Kier alpha value is -4.17. The van der Waals surface area contributed by atoms with Gasteiger partial charge in [-0.25, -0.2) is 4.98 Å². The number of benzene rings is 3. The second-order valence-corrected chi connectivity index (χ2v) is 8.59. The Morgan fingerprint density at radius 1 is 0.912 bits per heavy atom. The molecule has 0 N–H and O–H groups in total. The minimum Gasteiger partial charge on any atom is -0.440 e. The number of esters is 1. The number of pyridine rings is 1. The first-order valence-corrected chi connectivity index (χ1v) is 11.2. The van der Waals surface area contributed by atoms with Gasteiger partial charge in [-0.3, -0.25) is 4.79 Å². The summed E-state index contributed by atoms with van der Waals surface area (Å²) in [7, 11) is 0. The summed E-state index contributed by atoms with van der Waals surface area (Å²) in [6.45, 7) is 5.93. The first-order valence-electron chi connectivity index (χ1n) is 11.2. The van der Waals surface area contributed by atoms with Crippen LogP contribution in [0.3, 0.4) is 0 Å². The van der Waals surface area contributed by atoms with E-state index in [1.165, 1.54) is 0 Å². The highest BCUT2D eigenvalue weighted by atomic mass is 16.5. The van der Waals surface area contributed by atoms with Crippen molar-refractivity contribution in [3.05, 3.63) is 102 Å². The van der Waals surface area contributed by atoms with E-state index in [1.54, 1.807) is 18.2 Å². The summed E-state index contributed by atoms with van der Waals surface area (Å²) >= 11 is 0. The van der Waals surface area contributed by atoms with Crippen LogP contribution in [0.4, 0.5) is 0 Å². The third-order valence-corrected chi connectivity index (χ3v) is 5.66. The number of nitriles is 1. The van der Waals surface area contributed by atoms with Crippen LogP contribution in [0.1, 0.15) is 42.7 Å². The van der Waals surface area contributed by atoms with E-state index in [9.17, 15) is 10.1 Å². The number of aromatic nitrogens is 1. The number of aryl methyl sites for hydroxylation is 1. The van der Waals surface area contributed by atoms with Gasteiger partial charge >= 0.3 is 5.97 Å². The number of carbonyl (C=O) groups is 1. The highest BCUT2D eigenvalue weighted by Gasteiger charge is 2.29. The van der Waals surface area contributed by atoms with Crippen molar-refractivity contribution in [3.63, 3.8) is 0 Å². The number of hydrogen-bond donors (Lipinski definition) is 0. The average molecular weight is 451 g/mol. The normalized spacial score (nSPS) is 12.7. The lowest BCUT2D eigenvalue weighted by molar-refractivity contribution is -0.150. The Kier molecular flexibility index (Phi) is 6.89. The van der Waals surface area contributed by atoms with Gasteiger partial charge in [-0.05, 0) is 47.4 Å². The van der Waals surface area contributed by atoms with Crippen molar-refractivity contribution < 1.29 is 14.3 Å². The molecule has 2 unspecified atom stereocenters. The summed E-state index contributed by atoms with van der Waals surface area (Å²) in [4.78, 5) is 17.6. The standard InChI is InChI=1S/C29H26N2O3/c1-19(2)28(23-14-13-21-7-4-5-8-22(21)17-23)29(32)34-26(18-30)25-9-6-10-27(31-25)33-24-15-11-20(3)12-16-24/h4-17,19,26,28H,1-3H3. The molecule has 3 aromatic carbocycles. The third kappa shape index (κ3) is 5.24. The molecule has 0 saturated carbocycles. The molecule has 4 aromatic rings. The lowest BCUT2D eigenvalue weighted by Gasteiger charge is -2.22. The molecular formula is C29H26N2O3. The predicted molar refractivity (Wildman–Crippen MR) is 131 cm³/mol. The van der Waals surface area contributed by atoms with E-state index in [4.69, 9.17) is 9.47 Å². The van der Waals surface area contributed by atoms with E-state index in [1.807, 2.05) is 87.5 Å². The minimum atomic E-state index is -1.14. The highest BCUT2D eigenvalue weighted by molar-refractivity contribution is 5.86. The molecule has 5 heteroatoms. The van der Waals surface area contributed by atoms with Crippen molar-refractivity contribution in [2.75, 3.05) is 0 Å². The monoisotopic (exact) mass is 450 g/mol. The number of hydrogen-bond acceptors (Lipinski definition) is 5. The van der Waals surface area contributed by atoms with Gasteiger partial charge in [-0.15, -0.1) is 0 Å². The molecule has 0 aliphatic heterocycles. The summed E-state index contributed by atoms with van der Waals surface area (Å²) in [5.74, 6) is -0.0161. The second-order valence-electron chi connectivity index (χ2n) is 8.59. The maximum absolute atomic E-state index is 13.2. The van der Waals surface area contributed by atoms with E-state index >= 15 is 0 Å². The maximum Gasteiger partial charge on any atom is 0.315 e. The number of carbonyl (C=O) groups excluding carboxylic acids is 1. The maximum atomic E-state index is 13.2. The van der Waals surface area contributed by atoms with Gasteiger partial charge in [0.2, 0.25) is 12.0 Å². The molecule has 4 rings (SSSR count). The Bertz CT molecular complexity index is 1340. The van der Waals surface area contributed by atoms with Crippen molar-refractivity contribution in [1.29, 1.82) is 5.26 Å². The molecule has 0 saturated heterocycles. The van der Waals surface area contributed by atoms with E-state index in [0.717, 1.165) is 21.9 Å². The minimum absolute atomic E-state index is 0.0165. The number of fused-ring (bicyclic) bond motifs is 1. The lowest BCUT2D eigenvalue weighted by atomic mass is 9.87. The number of ether oxygens (including phenoxy) is 2. The Morgan fingerprint density at radius 3 is 2.35 bits per heavy atom. The van der Waals surface area contributed by atoms with Gasteiger partial charge in [-0.1, -0.05) is 80.1 Å². The molecule has 170 valence electrons. The van der Waals surface area contributed by atoms with Crippen molar-refractivity contribution in [2.45, 2.75) is 32.8 Å². The van der Waals surface area contributed by atoms with Gasteiger partial charge in [-0.2, -0.15) is 5.26 Å². The highest BCUT2D eigenvalue weighted by Crippen LogP contribution is 2.31.